The van der Waals surface area contributed by atoms with Gasteiger partial charge in [-0.05, 0) is 48.9 Å². The predicted molar refractivity (Wildman–Crippen MR) is 84.7 cm³/mol. The number of aryl methyl sites for hydroxylation is 2. The molecule has 20 heavy (non-hydrogen) atoms. The van der Waals surface area contributed by atoms with Crippen LogP contribution in [-0.2, 0) is 26.3 Å². The molecule has 1 atom stereocenters. The van der Waals surface area contributed by atoms with Gasteiger partial charge in [-0.3, -0.25) is 4.68 Å². The van der Waals surface area contributed by atoms with Crippen LogP contribution in [0.5, 0.6) is 0 Å². The Balaban J connectivity index is 2.04. The molecule has 2 rings (SSSR count). The van der Waals surface area contributed by atoms with Gasteiger partial charge < -0.3 is 5.11 Å². The van der Waals surface area contributed by atoms with Crippen LogP contribution in [0.1, 0.15) is 23.9 Å². The van der Waals surface area contributed by atoms with Crippen molar-refractivity contribution in [3.63, 3.8) is 0 Å². The van der Waals surface area contributed by atoms with Gasteiger partial charge in [-0.15, -0.1) is 0 Å². The molecule has 0 spiro atoms. The fourth-order valence-corrected chi connectivity index (χ4v) is 2.65. The molecule has 0 bridgehead atoms. The first-order valence-electron chi connectivity index (χ1n) is 6.99. The second-order valence-electron chi connectivity index (χ2n) is 5.19. The van der Waals surface area contributed by atoms with E-state index in [9.17, 15) is 5.11 Å². The maximum atomic E-state index is 9.62. The van der Waals surface area contributed by atoms with Gasteiger partial charge in [0, 0.05) is 23.8 Å². The molecule has 0 saturated heterocycles. The molecule has 1 heterocycles. The van der Waals surface area contributed by atoms with Crippen molar-refractivity contribution in [1.82, 2.24) is 9.78 Å². The summed E-state index contributed by atoms with van der Waals surface area (Å²) in [5, 5.41) is 14.1. The van der Waals surface area contributed by atoms with E-state index in [1.165, 1.54) is 11.3 Å². The highest BCUT2D eigenvalue weighted by Gasteiger charge is 2.13. The minimum Gasteiger partial charge on any atom is -0.396 e. The molecule has 0 fully saturated rings. The van der Waals surface area contributed by atoms with Crippen molar-refractivity contribution in [3.8, 4) is 0 Å². The van der Waals surface area contributed by atoms with E-state index in [1.807, 2.05) is 23.9 Å². The van der Waals surface area contributed by atoms with E-state index < -0.39 is 0 Å². The lowest BCUT2D eigenvalue weighted by molar-refractivity contribution is 0.223. The second-order valence-corrected chi connectivity index (χ2v) is 6.10. The summed E-state index contributed by atoms with van der Waals surface area (Å²) in [6.07, 6.45) is 2.69. The Labute approximate surface area is 128 Å². The van der Waals surface area contributed by atoms with Gasteiger partial charge in [0.1, 0.15) is 0 Å². The van der Waals surface area contributed by atoms with Crippen LogP contribution in [0.2, 0.25) is 0 Å². The molecule has 1 aromatic heterocycles. The Morgan fingerprint density at radius 2 is 1.95 bits per heavy atom. The number of rotatable bonds is 6. The first-order valence-corrected chi connectivity index (χ1v) is 7.78. The average molecular weight is 337 g/mol. The van der Waals surface area contributed by atoms with Gasteiger partial charge in [-0.2, -0.15) is 5.10 Å². The number of hydrogen-bond donors (Lipinski definition) is 1. The summed E-state index contributed by atoms with van der Waals surface area (Å²) in [4.78, 5) is 0. The molecule has 0 radical (unpaired) electrons. The van der Waals surface area contributed by atoms with Crippen molar-refractivity contribution in [3.05, 3.63) is 51.8 Å². The third-order valence-corrected chi connectivity index (χ3v) is 4.11. The van der Waals surface area contributed by atoms with E-state index in [1.54, 1.807) is 0 Å². The first-order chi connectivity index (χ1) is 9.62. The van der Waals surface area contributed by atoms with Crippen LogP contribution in [0.3, 0.4) is 0 Å². The predicted octanol–water partition coefficient (Wildman–Crippen LogP) is 3.14. The molecule has 0 aliphatic carbocycles. The van der Waals surface area contributed by atoms with E-state index in [4.69, 9.17) is 0 Å². The van der Waals surface area contributed by atoms with Gasteiger partial charge in [0.25, 0.3) is 0 Å². The summed E-state index contributed by atoms with van der Waals surface area (Å²) >= 11 is 3.44. The van der Waals surface area contributed by atoms with Crippen LogP contribution in [0, 0.1) is 5.92 Å². The zero-order valence-corrected chi connectivity index (χ0v) is 13.6. The molecular weight excluding hydrogens is 316 g/mol. The monoisotopic (exact) mass is 336 g/mol. The van der Waals surface area contributed by atoms with Gasteiger partial charge in [0.05, 0.1) is 5.69 Å². The molecule has 0 saturated carbocycles. The summed E-state index contributed by atoms with van der Waals surface area (Å²) in [5.41, 5.74) is 3.56. The molecule has 108 valence electrons. The minimum absolute atomic E-state index is 0.197. The molecule has 3 nitrogen and oxygen atoms in total. The lowest BCUT2D eigenvalue weighted by Crippen LogP contribution is -2.15. The quantitative estimate of drug-likeness (QED) is 0.879. The van der Waals surface area contributed by atoms with E-state index in [0.717, 1.165) is 29.4 Å². The molecular formula is C16H21BrN2O. The number of benzene rings is 1. The van der Waals surface area contributed by atoms with Gasteiger partial charge in [-0.25, -0.2) is 0 Å². The zero-order valence-electron chi connectivity index (χ0n) is 12.0. The fraction of sp³-hybridized carbons (Fsp3) is 0.438. The van der Waals surface area contributed by atoms with Crippen molar-refractivity contribution in [1.29, 1.82) is 0 Å². The van der Waals surface area contributed by atoms with Crippen LogP contribution in [0.4, 0.5) is 0 Å². The van der Waals surface area contributed by atoms with Gasteiger partial charge in [-0.1, -0.05) is 35.0 Å². The van der Waals surface area contributed by atoms with Crippen LogP contribution in [-0.4, -0.2) is 21.5 Å². The minimum atomic E-state index is 0.197. The Morgan fingerprint density at radius 3 is 2.50 bits per heavy atom. The Kier molecular flexibility index (Phi) is 5.38. The van der Waals surface area contributed by atoms with Crippen molar-refractivity contribution in [2.75, 3.05) is 6.61 Å². The van der Waals surface area contributed by atoms with Crippen LogP contribution in [0.15, 0.2) is 34.8 Å². The van der Waals surface area contributed by atoms with Crippen molar-refractivity contribution in [2.45, 2.75) is 26.2 Å². The lowest BCUT2D eigenvalue weighted by atomic mass is 9.95. The van der Waals surface area contributed by atoms with Crippen molar-refractivity contribution in [2.24, 2.45) is 13.0 Å². The topological polar surface area (TPSA) is 38.0 Å². The number of aromatic nitrogens is 2. The third kappa shape index (κ3) is 3.93. The highest BCUT2D eigenvalue weighted by atomic mass is 79.9. The molecule has 1 aromatic carbocycles. The number of hydrogen-bond acceptors (Lipinski definition) is 2. The van der Waals surface area contributed by atoms with E-state index in [0.29, 0.717) is 0 Å². The molecule has 1 unspecified atom stereocenters. The molecule has 2 aromatic rings. The molecule has 0 aliphatic heterocycles. The van der Waals surface area contributed by atoms with E-state index in [-0.39, 0.29) is 12.5 Å². The van der Waals surface area contributed by atoms with Gasteiger partial charge in [0.15, 0.2) is 0 Å². The average Bonchev–Trinajstić information content (AvgIpc) is 2.81. The normalized spacial score (nSPS) is 12.6. The first kappa shape index (κ1) is 15.3. The summed E-state index contributed by atoms with van der Waals surface area (Å²) in [6.45, 7) is 2.31. The van der Waals surface area contributed by atoms with E-state index >= 15 is 0 Å². The third-order valence-electron chi connectivity index (χ3n) is 3.58. The molecule has 1 N–H and O–H groups in total. The van der Waals surface area contributed by atoms with Crippen LogP contribution < -0.4 is 0 Å². The molecule has 0 aliphatic rings. The largest absolute Gasteiger partial charge is 0.396 e. The summed E-state index contributed by atoms with van der Waals surface area (Å²) < 4.78 is 3.02. The van der Waals surface area contributed by atoms with Crippen LogP contribution in [0.25, 0.3) is 0 Å². The van der Waals surface area contributed by atoms with Crippen LogP contribution >= 0.6 is 15.9 Å². The fourth-order valence-electron chi connectivity index (χ4n) is 2.39. The highest BCUT2D eigenvalue weighted by Crippen LogP contribution is 2.17. The smallest absolute Gasteiger partial charge is 0.0624 e. The standard InChI is InChI=1S/C16H21BrN2O/c1-3-15-10-16(19(2)18-15)9-13(11-20)8-12-4-6-14(17)7-5-12/h4-7,10,13,20H,3,8-9,11H2,1-2H3. The number of nitrogens with zero attached hydrogens (tertiary/aromatic N) is 2. The second kappa shape index (κ2) is 7.04. The lowest BCUT2D eigenvalue weighted by Gasteiger charge is -2.14. The summed E-state index contributed by atoms with van der Waals surface area (Å²) in [5.74, 6) is 0.233. The summed E-state index contributed by atoms with van der Waals surface area (Å²) in [6, 6.07) is 10.4. The zero-order chi connectivity index (χ0) is 14.5. The van der Waals surface area contributed by atoms with Crippen molar-refractivity contribution < 1.29 is 5.11 Å². The molecule has 0 amide bonds. The van der Waals surface area contributed by atoms with Gasteiger partial charge in [0.2, 0.25) is 0 Å². The van der Waals surface area contributed by atoms with Gasteiger partial charge >= 0.3 is 0 Å². The summed E-state index contributed by atoms with van der Waals surface area (Å²) in [7, 11) is 1.97. The molecule has 4 heteroatoms. The maximum Gasteiger partial charge on any atom is 0.0624 e. The number of aliphatic hydroxyl groups excluding tert-OH is 1. The Hall–Kier alpha value is -1.13. The van der Waals surface area contributed by atoms with E-state index in [2.05, 4.69) is 46.2 Å². The Morgan fingerprint density at radius 1 is 1.25 bits per heavy atom. The number of aliphatic hydroxyl groups is 1. The van der Waals surface area contributed by atoms with Crippen molar-refractivity contribution >= 4 is 15.9 Å². The number of halogens is 1. The SMILES string of the molecule is CCc1cc(CC(CO)Cc2ccc(Br)cc2)n(C)n1. The maximum absolute atomic E-state index is 9.62. The Bertz CT molecular complexity index is 548. The highest BCUT2D eigenvalue weighted by molar-refractivity contribution is 9.10.